The van der Waals surface area contributed by atoms with Gasteiger partial charge in [-0.15, -0.1) is 0 Å². The van der Waals surface area contributed by atoms with Gasteiger partial charge in [0.1, 0.15) is 11.7 Å². The molecule has 31 heavy (non-hydrogen) atoms. The number of rotatable bonds is 2. The Kier molecular flexibility index (Phi) is 5.20. The molecule has 0 heterocycles. The number of Topliss-reactive ketones (excluding diaryl/α,β-unsaturated/α-hetero) is 2. The normalized spacial score (nSPS) is 42.0. The summed E-state index contributed by atoms with van der Waals surface area (Å²) in [5, 5.41) is 43.9. The van der Waals surface area contributed by atoms with E-state index in [0.717, 1.165) is 0 Å². The van der Waals surface area contributed by atoms with E-state index in [2.05, 4.69) is 0 Å². The number of aromatic hydroxyl groups is 1. The number of phenols is 1. The number of carbonyl (C=O) groups is 3. The SMILES string of the molecule is C[C@H]1c2cccc(O)c2C(=O)C2C(O)[C@@H]3C(=O)C(C(N)=O)C(O)[C@@H](N(C)C)[C@@H]3[C@@H](O)[C@@H]21. The van der Waals surface area contributed by atoms with E-state index in [1.165, 1.54) is 6.07 Å². The summed E-state index contributed by atoms with van der Waals surface area (Å²) in [5.74, 6) is -8.53. The fourth-order valence-electron chi connectivity index (χ4n) is 6.41. The van der Waals surface area contributed by atoms with Crippen LogP contribution in [0.4, 0.5) is 0 Å². The fraction of sp³-hybridized carbons (Fsp3) is 0.591. The zero-order valence-electron chi connectivity index (χ0n) is 17.5. The number of aliphatic hydroxyl groups excluding tert-OH is 3. The number of carbonyl (C=O) groups excluding carboxylic acids is 3. The lowest BCUT2D eigenvalue weighted by atomic mass is 9.50. The quantitative estimate of drug-likeness (QED) is 0.367. The minimum absolute atomic E-state index is 0.0832. The molecule has 3 aliphatic carbocycles. The van der Waals surface area contributed by atoms with Crippen LogP contribution in [0.2, 0.25) is 0 Å². The summed E-state index contributed by atoms with van der Waals surface area (Å²) in [7, 11) is 3.29. The number of primary amides is 1. The Morgan fingerprint density at radius 3 is 2.23 bits per heavy atom. The molecule has 6 N–H and O–H groups in total. The first-order valence-corrected chi connectivity index (χ1v) is 10.4. The van der Waals surface area contributed by atoms with E-state index in [4.69, 9.17) is 5.73 Å². The Bertz CT molecular complexity index is 948. The van der Waals surface area contributed by atoms with Crippen LogP contribution in [0.1, 0.15) is 28.8 Å². The van der Waals surface area contributed by atoms with E-state index in [1.807, 2.05) is 0 Å². The molecule has 0 spiro atoms. The maximum atomic E-state index is 13.4. The van der Waals surface area contributed by atoms with Crippen LogP contribution >= 0.6 is 0 Å². The van der Waals surface area contributed by atoms with E-state index in [1.54, 1.807) is 38.1 Å². The topological polar surface area (TPSA) is 161 Å². The van der Waals surface area contributed by atoms with E-state index in [0.29, 0.717) is 5.56 Å². The third kappa shape index (κ3) is 2.87. The highest BCUT2D eigenvalue weighted by atomic mass is 16.3. The largest absolute Gasteiger partial charge is 0.507 e. The summed E-state index contributed by atoms with van der Waals surface area (Å²) in [4.78, 5) is 40.2. The molecule has 1 aromatic rings. The number of likely N-dealkylation sites (N-methyl/N-ethyl adjacent to an activating group) is 1. The molecule has 0 saturated heterocycles. The van der Waals surface area contributed by atoms with Gasteiger partial charge >= 0.3 is 0 Å². The van der Waals surface area contributed by atoms with Gasteiger partial charge in [0.25, 0.3) is 0 Å². The number of ketones is 2. The van der Waals surface area contributed by atoms with E-state index in [9.17, 15) is 34.8 Å². The van der Waals surface area contributed by atoms with Crippen LogP contribution in [0.3, 0.4) is 0 Å². The van der Waals surface area contributed by atoms with Crippen molar-refractivity contribution in [3.05, 3.63) is 29.3 Å². The molecule has 2 saturated carbocycles. The van der Waals surface area contributed by atoms with Crippen LogP contribution in [0.5, 0.6) is 5.75 Å². The molecule has 9 nitrogen and oxygen atoms in total. The fourth-order valence-corrected chi connectivity index (χ4v) is 6.41. The molecule has 4 rings (SSSR count). The zero-order valence-corrected chi connectivity index (χ0v) is 17.5. The molecule has 0 aromatic heterocycles. The van der Waals surface area contributed by atoms with Crippen LogP contribution in [-0.4, -0.2) is 81.2 Å². The van der Waals surface area contributed by atoms with Crippen LogP contribution in [0, 0.1) is 29.6 Å². The van der Waals surface area contributed by atoms with E-state index < -0.39 is 77.3 Å². The van der Waals surface area contributed by atoms with Gasteiger partial charge in [0.2, 0.25) is 5.91 Å². The van der Waals surface area contributed by atoms with Crippen molar-refractivity contribution in [3.63, 3.8) is 0 Å². The molecule has 3 aliphatic rings. The second-order valence-electron chi connectivity index (χ2n) is 9.31. The van der Waals surface area contributed by atoms with Crippen LogP contribution in [0.15, 0.2) is 18.2 Å². The number of hydrogen-bond acceptors (Lipinski definition) is 8. The predicted molar refractivity (Wildman–Crippen MR) is 108 cm³/mol. The van der Waals surface area contributed by atoms with Gasteiger partial charge in [0, 0.05) is 17.9 Å². The van der Waals surface area contributed by atoms with Gasteiger partial charge in [-0.05, 0) is 31.6 Å². The Labute approximate surface area is 179 Å². The second kappa shape index (κ2) is 7.37. The Balaban J connectivity index is 1.88. The number of nitrogens with two attached hydrogens (primary N) is 1. The lowest BCUT2D eigenvalue weighted by Gasteiger charge is -2.57. The summed E-state index contributed by atoms with van der Waals surface area (Å²) in [6, 6.07) is 3.86. The maximum Gasteiger partial charge on any atom is 0.230 e. The van der Waals surface area contributed by atoms with Crippen LogP contribution in [-0.2, 0) is 9.59 Å². The molecule has 9 heteroatoms. The summed E-state index contributed by atoms with van der Waals surface area (Å²) >= 11 is 0. The minimum atomic E-state index is -1.55. The molecule has 0 radical (unpaired) electrons. The molecule has 0 aliphatic heterocycles. The number of amides is 1. The minimum Gasteiger partial charge on any atom is -0.507 e. The molecule has 4 unspecified atom stereocenters. The third-order valence-corrected chi connectivity index (χ3v) is 7.67. The Hall–Kier alpha value is -2.33. The standard InChI is InChI=1S/C22H28N2O7/c1-7-8-5-4-6-9(25)11(8)18(27)13-10(7)17(26)12-14(19(13)28)20(29)15(22(23)31)21(30)16(12)24(2)3/h4-7,10,12-17,19,21,25-26,28,30H,1-3H3,(H2,23,31)/t7-,10+,12+,13?,14+,15?,16-,17-,19?,21?/m0/s1. The smallest absolute Gasteiger partial charge is 0.230 e. The summed E-state index contributed by atoms with van der Waals surface area (Å²) in [6.45, 7) is 1.80. The second-order valence-corrected chi connectivity index (χ2v) is 9.31. The maximum absolute atomic E-state index is 13.4. The van der Waals surface area contributed by atoms with Gasteiger partial charge in [-0.25, -0.2) is 0 Å². The molecule has 168 valence electrons. The predicted octanol–water partition coefficient (Wildman–Crippen LogP) is -1.13. The zero-order chi connectivity index (χ0) is 22.9. The van der Waals surface area contributed by atoms with Gasteiger partial charge in [0.15, 0.2) is 11.6 Å². The highest BCUT2D eigenvalue weighted by Gasteiger charge is 2.65. The molecular formula is C22H28N2O7. The highest BCUT2D eigenvalue weighted by Crippen LogP contribution is 2.54. The van der Waals surface area contributed by atoms with Gasteiger partial charge in [-0.1, -0.05) is 19.1 Å². The molecule has 1 amide bonds. The van der Waals surface area contributed by atoms with Gasteiger partial charge < -0.3 is 31.1 Å². The van der Waals surface area contributed by atoms with Crippen LogP contribution < -0.4 is 5.73 Å². The molecule has 10 atom stereocenters. The lowest BCUT2D eigenvalue weighted by molar-refractivity contribution is -0.187. The molecule has 2 fully saturated rings. The average molecular weight is 432 g/mol. The lowest BCUT2D eigenvalue weighted by Crippen LogP contribution is -2.71. The van der Waals surface area contributed by atoms with E-state index >= 15 is 0 Å². The Morgan fingerprint density at radius 2 is 1.65 bits per heavy atom. The van der Waals surface area contributed by atoms with Crippen molar-refractivity contribution in [2.75, 3.05) is 14.1 Å². The Morgan fingerprint density at radius 1 is 1.00 bits per heavy atom. The van der Waals surface area contributed by atoms with Gasteiger partial charge in [-0.3, -0.25) is 14.4 Å². The average Bonchev–Trinajstić information content (AvgIpc) is 2.67. The number of fused-ring (bicyclic) bond motifs is 3. The summed E-state index contributed by atoms with van der Waals surface area (Å²) in [5.41, 5.74) is 6.04. The molecular weight excluding hydrogens is 404 g/mol. The summed E-state index contributed by atoms with van der Waals surface area (Å²) < 4.78 is 0. The van der Waals surface area contributed by atoms with Crippen LogP contribution in [0.25, 0.3) is 0 Å². The van der Waals surface area contributed by atoms with Gasteiger partial charge in [0.05, 0.1) is 35.7 Å². The number of aliphatic hydroxyl groups is 3. The van der Waals surface area contributed by atoms with Crippen molar-refractivity contribution < 1.29 is 34.8 Å². The van der Waals surface area contributed by atoms with Crippen molar-refractivity contribution in [2.45, 2.75) is 37.2 Å². The first-order chi connectivity index (χ1) is 14.5. The monoisotopic (exact) mass is 432 g/mol. The van der Waals surface area contributed by atoms with Gasteiger partial charge in [-0.2, -0.15) is 0 Å². The third-order valence-electron chi connectivity index (χ3n) is 7.67. The van der Waals surface area contributed by atoms with Crippen molar-refractivity contribution >= 4 is 17.5 Å². The molecule has 0 bridgehead atoms. The first-order valence-electron chi connectivity index (χ1n) is 10.4. The highest BCUT2D eigenvalue weighted by molar-refractivity contribution is 6.06. The van der Waals surface area contributed by atoms with Crippen molar-refractivity contribution in [1.82, 2.24) is 4.90 Å². The number of benzene rings is 1. The first kappa shape index (κ1) is 21.9. The van der Waals surface area contributed by atoms with E-state index in [-0.39, 0.29) is 11.3 Å². The van der Waals surface area contributed by atoms with Crippen molar-refractivity contribution in [2.24, 2.45) is 35.3 Å². The summed E-state index contributed by atoms with van der Waals surface area (Å²) in [6.07, 6.45) is -4.16. The number of phenolic OH excluding ortho intramolecular Hbond substituents is 1. The van der Waals surface area contributed by atoms with Crippen molar-refractivity contribution in [1.29, 1.82) is 0 Å². The van der Waals surface area contributed by atoms with Crippen molar-refractivity contribution in [3.8, 4) is 5.75 Å². The molecule has 1 aromatic carbocycles. The number of hydrogen-bond donors (Lipinski definition) is 5. The number of nitrogens with zero attached hydrogens (tertiary/aromatic N) is 1.